The number of carbonyl (C=O) groups excluding carboxylic acids is 1. The van der Waals surface area contributed by atoms with Crippen LogP contribution in [0.15, 0.2) is 60.9 Å². The van der Waals surface area contributed by atoms with Crippen LogP contribution < -0.4 is 5.32 Å². The predicted octanol–water partition coefficient (Wildman–Crippen LogP) is 3.89. The van der Waals surface area contributed by atoms with Gasteiger partial charge in [0.1, 0.15) is 11.3 Å². The SMILES string of the molecule is CC(C)CC(CNC(=O)c1cccc2nccn12)c1ccccc1. The van der Waals surface area contributed by atoms with Gasteiger partial charge in [-0.3, -0.25) is 9.20 Å². The molecule has 0 saturated heterocycles. The van der Waals surface area contributed by atoms with Crippen molar-refractivity contribution in [3.63, 3.8) is 0 Å². The fourth-order valence-electron chi connectivity index (χ4n) is 3.07. The molecular weight excluding hydrogens is 298 g/mol. The summed E-state index contributed by atoms with van der Waals surface area (Å²) >= 11 is 0. The van der Waals surface area contributed by atoms with Crippen LogP contribution in [-0.2, 0) is 0 Å². The molecule has 0 aliphatic rings. The summed E-state index contributed by atoms with van der Waals surface area (Å²) in [6.45, 7) is 5.06. The lowest BCUT2D eigenvalue weighted by Gasteiger charge is -2.20. The second-order valence-electron chi connectivity index (χ2n) is 6.51. The van der Waals surface area contributed by atoms with Crippen LogP contribution >= 0.6 is 0 Å². The van der Waals surface area contributed by atoms with Gasteiger partial charge in [-0.25, -0.2) is 4.98 Å². The summed E-state index contributed by atoms with van der Waals surface area (Å²) in [5.74, 6) is 0.824. The number of imidazole rings is 1. The third kappa shape index (κ3) is 3.65. The maximum atomic E-state index is 12.6. The van der Waals surface area contributed by atoms with E-state index in [0.717, 1.165) is 12.1 Å². The van der Waals surface area contributed by atoms with E-state index in [1.54, 1.807) is 6.20 Å². The minimum absolute atomic E-state index is 0.0664. The van der Waals surface area contributed by atoms with Crippen LogP contribution in [0, 0.1) is 5.92 Å². The lowest BCUT2D eigenvalue weighted by atomic mass is 9.90. The molecule has 0 bridgehead atoms. The Kier molecular flexibility index (Phi) is 4.94. The summed E-state index contributed by atoms with van der Waals surface area (Å²) in [7, 11) is 0. The summed E-state index contributed by atoms with van der Waals surface area (Å²) in [5.41, 5.74) is 2.66. The van der Waals surface area contributed by atoms with E-state index in [4.69, 9.17) is 0 Å². The first kappa shape index (κ1) is 16.2. The molecule has 0 fully saturated rings. The molecule has 0 aliphatic heterocycles. The van der Waals surface area contributed by atoms with Gasteiger partial charge in [0.2, 0.25) is 0 Å². The highest BCUT2D eigenvalue weighted by Gasteiger charge is 2.16. The van der Waals surface area contributed by atoms with Gasteiger partial charge < -0.3 is 5.32 Å². The Hall–Kier alpha value is -2.62. The first-order valence-electron chi connectivity index (χ1n) is 8.40. The van der Waals surface area contributed by atoms with E-state index < -0.39 is 0 Å². The highest BCUT2D eigenvalue weighted by molar-refractivity contribution is 5.93. The van der Waals surface area contributed by atoms with Crippen molar-refractivity contribution in [2.75, 3.05) is 6.54 Å². The zero-order valence-corrected chi connectivity index (χ0v) is 14.1. The molecule has 2 heterocycles. The maximum Gasteiger partial charge on any atom is 0.268 e. The first-order valence-corrected chi connectivity index (χ1v) is 8.40. The van der Waals surface area contributed by atoms with Gasteiger partial charge in [0.15, 0.2) is 0 Å². The molecule has 24 heavy (non-hydrogen) atoms. The van der Waals surface area contributed by atoms with Crippen LogP contribution in [0.1, 0.15) is 42.2 Å². The van der Waals surface area contributed by atoms with Gasteiger partial charge in [-0.2, -0.15) is 0 Å². The van der Waals surface area contributed by atoms with Crippen LogP contribution in [-0.4, -0.2) is 21.8 Å². The predicted molar refractivity (Wildman–Crippen MR) is 96.2 cm³/mol. The Morgan fingerprint density at radius 3 is 2.67 bits per heavy atom. The number of rotatable bonds is 6. The number of carbonyl (C=O) groups is 1. The molecule has 0 saturated carbocycles. The van der Waals surface area contributed by atoms with Crippen molar-refractivity contribution in [1.82, 2.24) is 14.7 Å². The summed E-state index contributed by atoms with van der Waals surface area (Å²) in [6.07, 6.45) is 4.56. The topological polar surface area (TPSA) is 46.4 Å². The molecule has 1 atom stereocenters. The van der Waals surface area contributed by atoms with Gasteiger partial charge in [-0.1, -0.05) is 50.2 Å². The minimum Gasteiger partial charge on any atom is -0.350 e. The van der Waals surface area contributed by atoms with E-state index in [1.807, 2.05) is 34.9 Å². The minimum atomic E-state index is -0.0664. The molecule has 3 rings (SSSR count). The van der Waals surface area contributed by atoms with Crippen LogP contribution in [0.25, 0.3) is 5.65 Å². The largest absolute Gasteiger partial charge is 0.350 e. The monoisotopic (exact) mass is 321 g/mol. The number of benzene rings is 1. The molecule has 1 amide bonds. The number of hydrogen-bond acceptors (Lipinski definition) is 2. The Labute approximate surface area is 142 Å². The van der Waals surface area contributed by atoms with E-state index >= 15 is 0 Å². The van der Waals surface area contributed by atoms with Crippen molar-refractivity contribution in [2.45, 2.75) is 26.2 Å². The van der Waals surface area contributed by atoms with Gasteiger partial charge in [-0.05, 0) is 30.0 Å². The molecule has 0 aliphatic carbocycles. The normalized spacial score (nSPS) is 12.5. The summed E-state index contributed by atoms with van der Waals surface area (Å²) in [6, 6.07) is 16.0. The Bertz CT molecular complexity index is 808. The van der Waals surface area contributed by atoms with Gasteiger partial charge in [0.05, 0.1) is 0 Å². The maximum absolute atomic E-state index is 12.6. The molecule has 2 aromatic heterocycles. The number of nitrogens with zero attached hydrogens (tertiary/aromatic N) is 2. The van der Waals surface area contributed by atoms with Gasteiger partial charge in [0.25, 0.3) is 5.91 Å². The van der Waals surface area contributed by atoms with Gasteiger partial charge in [-0.15, -0.1) is 0 Å². The summed E-state index contributed by atoms with van der Waals surface area (Å²) < 4.78 is 1.81. The molecule has 1 aromatic carbocycles. The number of aromatic nitrogens is 2. The van der Waals surface area contributed by atoms with E-state index in [0.29, 0.717) is 24.1 Å². The zero-order valence-electron chi connectivity index (χ0n) is 14.1. The first-order chi connectivity index (χ1) is 11.6. The number of fused-ring (bicyclic) bond motifs is 1. The van der Waals surface area contributed by atoms with Crippen molar-refractivity contribution in [2.24, 2.45) is 5.92 Å². The van der Waals surface area contributed by atoms with Crippen LogP contribution in [0.4, 0.5) is 0 Å². The fourth-order valence-corrected chi connectivity index (χ4v) is 3.07. The zero-order chi connectivity index (χ0) is 16.9. The van der Waals surface area contributed by atoms with Crippen molar-refractivity contribution < 1.29 is 4.79 Å². The van der Waals surface area contributed by atoms with Crippen LogP contribution in [0.3, 0.4) is 0 Å². The smallest absolute Gasteiger partial charge is 0.268 e. The van der Waals surface area contributed by atoms with E-state index in [-0.39, 0.29) is 5.91 Å². The van der Waals surface area contributed by atoms with Crippen molar-refractivity contribution in [1.29, 1.82) is 0 Å². The lowest BCUT2D eigenvalue weighted by molar-refractivity contribution is 0.0943. The van der Waals surface area contributed by atoms with E-state index in [2.05, 4.69) is 48.4 Å². The van der Waals surface area contributed by atoms with Gasteiger partial charge >= 0.3 is 0 Å². The Morgan fingerprint density at radius 1 is 1.12 bits per heavy atom. The second-order valence-corrected chi connectivity index (χ2v) is 6.51. The lowest BCUT2D eigenvalue weighted by Crippen LogP contribution is -2.30. The average molecular weight is 321 g/mol. The quantitative estimate of drug-likeness (QED) is 0.748. The number of pyridine rings is 1. The molecule has 3 aromatic rings. The molecule has 0 spiro atoms. The van der Waals surface area contributed by atoms with Gasteiger partial charge in [0, 0.05) is 24.9 Å². The number of nitrogens with one attached hydrogen (secondary N) is 1. The highest BCUT2D eigenvalue weighted by atomic mass is 16.1. The standard InChI is InChI=1S/C20H23N3O/c1-15(2)13-17(16-7-4-3-5-8-16)14-22-20(24)18-9-6-10-19-21-11-12-23(18)19/h3-12,15,17H,13-14H2,1-2H3,(H,22,24). The number of amides is 1. The molecular formula is C20H23N3O. The van der Waals surface area contributed by atoms with E-state index in [1.165, 1.54) is 5.56 Å². The second kappa shape index (κ2) is 7.30. The summed E-state index contributed by atoms with van der Waals surface area (Å²) in [5, 5.41) is 3.10. The van der Waals surface area contributed by atoms with Crippen molar-refractivity contribution in [3.05, 3.63) is 72.2 Å². The Balaban J connectivity index is 1.74. The van der Waals surface area contributed by atoms with Crippen molar-refractivity contribution >= 4 is 11.6 Å². The molecule has 124 valence electrons. The van der Waals surface area contributed by atoms with Crippen LogP contribution in [0.2, 0.25) is 0 Å². The number of hydrogen-bond donors (Lipinski definition) is 1. The summed E-state index contributed by atoms with van der Waals surface area (Å²) in [4.78, 5) is 16.8. The average Bonchev–Trinajstić information content (AvgIpc) is 3.07. The Morgan fingerprint density at radius 2 is 1.92 bits per heavy atom. The third-order valence-electron chi connectivity index (χ3n) is 4.20. The fraction of sp³-hybridized carbons (Fsp3) is 0.300. The molecule has 1 N–H and O–H groups in total. The van der Waals surface area contributed by atoms with Crippen molar-refractivity contribution in [3.8, 4) is 0 Å². The van der Waals surface area contributed by atoms with E-state index in [9.17, 15) is 4.79 Å². The molecule has 4 heteroatoms. The molecule has 1 unspecified atom stereocenters. The van der Waals surface area contributed by atoms with Crippen LogP contribution in [0.5, 0.6) is 0 Å². The highest BCUT2D eigenvalue weighted by Crippen LogP contribution is 2.23. The third-order valence-corrected chi connectivity index (χ3v) is 4.20. The molecule has 0 radical (unpaired) electrons. The molecule has 4 nitrogen and oxygen atoms in total.